The van der Waals surface area contributed by atoms with Gasteiger partial charge in [0.25, 0.3) is 5.91 Å². The highest BCUT2D eigenvalue weighted by Gasteiger charge is 2.15. The number of hydrogen-bond donors (Lipinski definition) is 2. The minimum atomic E-state index is -1.16. The third-order valence-electron chi connectivity index (χ3n) is 2.81. The van der Waals surface area contributed by atoms with Crippen molar-refractivity contribution in [3.05, 3.63) is 63.4 Å². The third kappa shape index (κ3) is 3.83. The number of nitriles is 1. The smallest absolute Gasteiger partial charge is 0.433 e. The molecule has 2 rings (SSSR count). The fourth-order valence-corrected chi connectivity index (χ4v) is 1.74. The van der Waals surface area contributed by atoms with E-state index in [1.807, 2.05) is 0 Å². The van der Waals surface area contributed by atoms with E-state index in [4.69, 9.17) is 14.8 Å². The predicted molar refractivity (Wildman–Crippen MR) is 81.0 cm³/mol. The van der Waals surface area contributed by atoms with Crippen LogP contribution in [0.5, 0.6) is 0 Å². The number of nitrogens with one attached hydrogen (secondary N) is 1. The van der Waals surface area contributed by atoms with E-state index in [0.717, 1.165) is 12.1 Å². The molecule has 2 N–H and O–H groups in total. The van der Waals surface area contributed by atoms with E-state index in [9.17, 15) is 19.7 Å². The maximum atomic E-state index is 12.0. The molecule has 1 amide bonds. The van der Waals surface area contributed by atoms with Crippen molar-refractivity contribution >= 4 is 29.5 Å². The topological polar surface area (TPSA) is 146 Å². The quantitative estimate of drug-likeness (QED) is 0.371. The van der Waals surface area contributed by atoms with E-state index in [1.54, 1.807) is 6.07 Å². The lowest BCUT2D eigenvalue weighted by Crippen LogP contribution is -2.13. The summed E-state index contributed by atoms with van der Waals surface area (Å²) in [5.74, 6) is -2.52. The Hall–Kier alpha value is -3.93. The summed E-state index contributed by atoms with van der Waals surface area (Å²) in [4.78, 5) is 32.7. The van der Waals surface area contributed by atoms with Crippen molar-refractivity contribution in [2.45, 2.75) is 0 Å². The van der Waals surface area contributed by atoms with Crippen LogP contribution < -0.4 is 5.32 Å². The molecule has 0 unspecified atom stereocenters. The zero-order valence-corrected chi connectivity index (χ0v) is 11.9. The molecule has 0 spiro atoms. The van der Waals surface area contributed by atoms with Gasteiger partial charge >= 0.3 is 11.9 Å². The predicted octanol–water partition coefficient (Wildman–Crippen LogP) is 2.43. The van der Waals surface area contributed by atoms with Crippen LogP contribution in [0.25, 0.3) is 6.08 Å². The number of rotatable bonds is 5. The van der Waals surface area contributed by atoms with Crippen LogP contribution in [0.2, 0.25) is 0 Å². The number of hydrogen-bond acceptors (Lipinski definition) is 6. The number of carboxylic acid groups (broad SMARTS) is 1. The van der Waals surface area contributed by atoms with Gasteiger partial charge in [-0.3, -0.25) is 14.9 Å². The lowest BCUT2D eigenvalue weighted by molar-refractivity contribution is -0.402. The summed E-state index contributed by atoms with van der Waals surface area (Å²) in [7, 11) is 0. The Bertz CT molecular complexity index is 891. The highest BCUT2D eigenvalue weighted by atomic mass is 16.6. The molecule has 0 aliphatic rings. The molecule has 120 valence electrons. The molecule has 0 radical (unpaired) electrons. The summed E-state index contributed by atoms with van der Waals surface area (Å²) in [6, 6.07) is 9.45. The van der Waals surface area contributed by atoms with Crippen LogP contribution >= 0.6 is 0 Å². The van der Waals surface area contributed by atoms with Crippen molar-refractivity contribution in [3.8, 4) is 6.07 Å². The monoisotopic (exact) mass is 327 g/mol. The minimum absolute atomic E-state index is 0.0306. The van der Waals surface area contributed by atoms with Crippen LogP contribution in [0, 0.1) is 21.4 Å². The van der Waals surface area contributed by atoms with Gasteiger partial charge in [0.2, 0.25) is 0 Å². The number of benzene rings is 1. The van der Waals surface area contributed by atoms with Crippen LogP contribution in [0.4, 0.5) is 11.6 Å². The van der Waals surface area contributed by atoms with Gasteiger partial charge in [-0.1, -0.05) is 6.07 Å². The average molecular weight is 327 g/mol. The van der Waals surface area contributed by atoms with Crippen LogP contribution in [0.1, 0.15) is 16.1 Å². The van der Waals surface area contributed by atoms with E-state index >= 15 is 0 Å². The van der Waals surface area contributed by atoms with Gasteiger partial charge < -0.3 is 14.8 Å². The van der Waals surface area contributed by atoms with E-state index in [2.05, 4.69) is 5.32 Å². The number of nitro groups is 1. The normalized spacial score (nSPS) is 10.7. The maximum absolute atomic E-state index is 12.0. The van der Waals surface area contributed by atoms with E-state index in [1.165, 1.54) is 30.3 Å². The number of carbonyl (C=O) groups excluding carboxylic acids is 1. The van der Waals surface area contributed by atoms with Crippen LogP contribution in [0.15, 0.2) is 46.4 Å². The number of furan rings is 1. The molecule has 1 aromatic carbocycles. The Morgan fingerprint density at radius 3 is 2.67 bits per heavy atom. The molecular weight excluding hydrogens is 318 g/mol. The first-order valence-electron chi connectivity index (χ1n) is 6.41. The molecular formula is C15H9N3O6. The second-order valence-electron chi connectivity index (χ2n) is 4.44. The lowest BCUT2D eigenvalue weighted by Gasteiger charge is -2.04. The molecule has 0 saturated heterocycles. The summed E-state index contributed by atoms with van der Waals surface area (Å²) in [5, 5.41) is 30.8. The van der Waals surface area contributed by atoms with E-state index < -0.39 is 22.7 Å². The standard InChI is InChI=1S/C15H9N3O6/c16-8-10(7-12-4-5-13(24-12)18(22)23)14(19)17-11-3-1-2-9(6-11)15(20)21/h1-7H,(H,17,19)(H,20,21)/b10-7-. The number of amides is 1. The molecule has 0 bridgehead atoms. The van der Waals surface area contributed by atoms with Gasteiger partial charge in [-0.05, 0) is 24.3 Å². The third-order valence-corrected chi connectivity index (χ3v) is 2.81. The number of anilines is 1. The van der Waals surface area contributed by atoms with Crippen molar-refractivity contribution in [3.63, 3.8) is 0 Å². The fourth-order valence-electron chi connectivity index (χ4n) is 1.74. The molecule has 0 aliphatic carbocycles. The second kappa shape index (κ2) is 6.89. The van der Waals surface area contributed by atoms with Crippen molar-refractivity contribution in [2.24, 2.45) is 0 Å². The molecule has 0 atom stereocenters. The van der Waals surface area contributed by atoms with Gasteiger partial charge in [0, 0.05) is 11.8 Å². The first kappa shape index (κ1) is 16.4. The average Bonchev–Trinajstić information content (AvgIpc) is 3.01. The largest absolute Gasteiger partial charge is 0.478 e. The van der Waals surface area contributed by atoms with Gasteiger partial charge in [0.05, 0.1) is 11.6 Å². The molecule has 2 aromatic rings. The fraction of sp³-hybridized carbons (Fsp3) is 0. The first-order chi connectivity index (χ1) is 11.4. The Balaban J connectivity index is 2.21. The molecule has 1 heterocycles. The van der Waals surface area contributed by atoms with Gasteiger partial charge in [-0.25, -0.2) is 4.79 Å². The summed E-state index contributed by atoms with van der Waals surface area (Å²) in [6.45, 7) is 0. The van der Waals surface area contributed by atoms with E-state index in [-0.39, 0.29) is 22.6 Å². The molecule has 0 fully saturated rings. The molecule has 24 heavy (non-hydrogen) atoms. The number of aromatic carboxylic acids is 1. The summed E-state index contributed by atoms with van der Waals surface area (Å²) in [6.07, 6.45) is 1.05. The zero-order valence-electron chi connectivity index (χ0n) is 11.9. The number of carboxylic acids is 1. The SMILES string of the molecule is N#C/C(=C/c1ccc([N+](=O)[O-])o1)C(=O)Nc1cccc(C(=O)O)c1. The summed E-state index contributed by atoms with van der Waals surface area (Å²) >= 11 is 0. The summed E-state index contributed by atoms with van der Waals surface area (Å²) in [5.41, 5.74) is -0.205. The molecule has 0 saturated carbocycles. The van der Waals surface area contributed by atoms with Gasteiger partial charge in [0.15, 0.2) is 0 Å². The maximum Gasteiger partial charge on any atom is 0.433 e. The Morgan fingerprint density at radius 2 is 2.08 bits per heavy atom. The summed E-state index contributed by atoms with van der Waals surface area (Å²) < 4.78 is 4.84. The van der Waals surface area contributed by atoms with Crippen LogP contribution in [0.3, 0.4) is 0 Å². The highest BCUT2D eigenvalue weighted by Crippen LogP contribution is 2.19. The zero-order chi connectivity index (χ0) is 17.7. The van der Waals surface area contributed by atoms with E-state index in [0.29, 0.717) is 0 Å². The number of nitrogens with zero attached hydrogens (tertiary/aromatic N) is 2. The molecule has 9 nitrogen and oxygen atoms in total. The van der Waals surface area contributed by atoms with Crippen LogP contribution in [-0.4, -0.2) is 21.9 Å². The number of carbonyl (C=O) groups is 2. The van der Waals surface area contributed by atoms with Crippen molar-refractivity contribution in [2.75, 3.05) is 5.32 Å². The van der Waals surface area contributed by atoms with Crippen molar-refractivity contribution < 1.29 is 24.0 Å². The minimum Gasteiger partial charge on any atom is -0.478 e. The van der Waals surface area contributed by atoms with Crippen molar-refractivity contribution in [1.29, 1.82) is 5.26 Å². The first-order valence-corrected chi connectivity index (χ1v) is 6.41. The van der Waals surface area contributed by atoms with Crippen LogP contribution in [-0.2, 0) is 4.79 Å². The molecule has 9 heteroatoms. The van der Waals surface area contributed by atoms with Gasteiger partial charge in [-0.2, -0.15) is 5.26 Å². The van der Waals surface area contributed by atoms with Gasteiger partial charge in [-0.15, -0.1) is 0 Å². The van der Waals surface area contributed by atoms with Crippen molar-refractivity contribution in [1.82, 2.24) is 0 Å². The molecule has 1 aromatic heterocycles. The second-order valence-corrected chi connectivity index (χ2v) is 4.44. The molecule has 0 aliphatic heterocycles. The Morgan fingerprint density at radius 1 is 1.33 bits per heavy atom. The lowest BCUT2D eigenvalue weighted by atomic mass is 10.2. The highest BCUT2D eigenvalue weighted by molar-refractivity contribution is 6.09. The Labute approximate surface area is 134 Å². The van der Waals surface area contributed by atoms with Gasteiger partial charge in [0.1, 0.15) is 22.3 Å². The Kier molecular flexibility index (Phi) is 4.72.